The normalized spacial score (nSPS) is 10.7. The van der Waals surface area contributed by atoms with Gasteiger partial charge in [0, 0.05) is 23.3 Å². The van der Waals surface area contributed by atoms with E-state index < -0.39 is 5.97 Å². The summed E-state index contributed by atoms with van der Waals surface area (Å²) in [6.45, 7) is 0. The number of nitrogens with zero attached hydrogens (tertiary/aromatic N) is 3. The molecule has 18 heavy (non-hydrogen) atoms. The molecule has 0 atom stereocenters. The highest BCUT2D eigenvalue weighted by molar-refractivity contribution is 7.13. The van der Waals surface area contributed by atoms with Crippen LogP contribution < -0.4 is 0 Å². The van der Waals surface area contributed by atoms with Gasteiger partial charge in [-0.2, -0.15) is 0 Å². The molecule has 0 amide bonds. The maximum absolute atomic E-state index is 10.8. The van der Waals surface area contributed by atoms with Crippen molar-refractivity contribution in [2.45, 2.75) is 0 Å². The first-order chi connectivity index (χ1) is 8.74. The Morgan fingerprint density at radius 3 is 2.67 bits per heavy atom. The van der Waals surface area contributed by atoms with Crippen LogP contribution in [-0.4, -0.2) is 26.0 Å². The fraction of sp³-hybridized carbons (Fsp3) is 0. The minimum Gasteiger partial charge on any atom is -0.476 e. The number of carboxylic acid groups (broad SMARTS) is 1. The zero-order chi connectivity index (χ0) is 12.5. The molecule has 1 aromatic carbocycles. The Morgan fingerprint density at radius 1 is 1.17 bits per heavy atom. The van der Waals surface area contributed by atoms with Crippen LogP contribution in [0, 0.1) is 0 Å². The molecule has 3 rings (SSSR count). The largest absolute Gasteiger partial charge is 0.476 e. The van der Waals surface area contributed by atoms with E-state index in [4.69, 9.17) is 5.11 Å². The second-order valence-electron chi connectivity index (χ2n) is 3.60. The van der Waals surface area contributed by atoms with Crippen LogP contribution in [0.3, 0.4) is 0 Å². The Morgan fingerprint density at radius 2 is 1.94 bits per heavy atom. The summed E-state index contributed by atoms with van der Waals surface area (Å²) in [6.07, 6.45) is 3.25. The van der Waals surface area contributed by atoms with E-state index in [2.05, 4.69) is 15.0 Å². The highest BCUT2D eigenvalue weighted by atomic mass is 32.1. The van der Waals surface area contributed by atoms with Gasteiger partial charge in [0.25, 0.3) is 0 Å². The summed E-state index contributed by atoms with van der Waals surface area (Å²) >= 11 is 1.30. The van der Waals surface area contributed by atoms with Crippen LogP contribution in [-0.2, 0) is 0 Å². The van der Waals surface area contributed by atoms with Crippen LogP contribution in [0.2, 0.25) is 0 Å². The maximum atomic E-state index is 10.8. The number of aromatic nitrogens is 3. The summed E-state index contributed by atoms with van der Waals surface area (Å²) in [5.74, 6) is -1.02. The number of rotatable bonds is 2. The summed E-state index contributed by atoms with van der Waals surface area (Å²) in [4.78, 5) is 23.2. The summed E-state index contributed by atoms with van der Waals surface area (Å²) < 4.78 is 0. The first-order valence-corrected chi connectivity index (χ1v) is 6.02. The molecule has 3 aromatic rings. The number of benzene rings is 1. The number of carboxylic acids is 1. The molecule has 1 N–H and O–H groups in total. The van der Waals surface area contributed by atoms with Crippen LogP contribution in [0.1, 0.15) is 10.5 Å². The molecule has 0 unspecified atom stereocenters. The van der Waals surface area contributed by atoms with Crippen molar-refractivity contribution in [2.24, 2.45) is 0 Å². The fourth-order valence-electron chi connectivity index (χ4n) is 1.60. The molecular formula is C12H7N3O2S. The van der Waals surface area contributed by atoms with Crippen molar-refractivity contribution < 1.29 is 9.90 Å². The molecule has 0 saturated heterocycles. The van der Waals surface area contributed by atoms with Gasteiger partial charge in [0.2, 0.25) is 0 Å². The molecule has 0 aliphatic carbocycles. The molecule has 0 spiro atoms. The van der Waals surface area contributed by atoms with E-state index in [9.17, 15) is 4.79 Å². The quantitative estimate of drug-likeness (QED) is 0.763. The molecule has 0 aliphatic rings. The molecule has 0 bridgehead atoms. The number of aromatic carboxylic acids is 1. The van der Waals surface area contributed by atoms with Gasteiger partial charge >= 0.3 is 5.97 Å². The van der Waals surface area contributed by atoms with Crippen LogP contribution in [0.25, 0.3) is 21.6 Å². The highest BCUT2D eigenvalue weighted by Gasteiger charge is 2.10. The zero-order valence-corrected chi connectivity index (χ0v) is 9.89. The van der Waals surface area contributed by atoms with Gasteiger partial charge in [-0.25, -0.2) is 9.78 Å². The van der Waals surface area contributed by atoms with Crippen molar-refractivity contribution in [3.63, 3.8) is 0 Å². The fourth-order valence-corrected chi connectivity index (χ4v) is 2.39. The summed E-state index contributed by atoms with van der Waals surface area (Å²) in [5, 5.41) is 11.0. The average molecular weight is 257 g/mol. The lowest BCUT2D eigenvalue weighted by atomic mass is 10.2. The summed E-state index contributed by atoms with van der Waals surface area (Å²) in [5.41, 5.74) is 2.48. The minimum absolute atomic E-state index is 0.0641. The predicted octanol–water partition coefficient (Wildman–Crippen LogP) is 2.45. The monoisotopic (exact) mass is 257 g/mol. The first-order valence-electron chi connectivity index (χ1n) is 5.14. The van der Waals surface area contributed by atoms with Gasteiger partial charge in [0.15, 0.2) is 5.69 Å². The highest BCUT2D eigenvalue weighted by Crippen LogP contribution is 2.25. The van der Waals surface area contributed by atoms with Gasteiger partial charge in [0.1, 0.15) is 5.01 Å². The van der Waals surface area contributed by atoms with Gasteiger partial charge in [-0.1, -0.05) is 0 Å². The number of hydrogen-bond donors (Lipinski definition) is 1. The molecule has 5 nitrogen and oxygen atoms in total. The third-order valence-electron chi connectivity index (χ3n) is 2.44. The summed E-state index contributed by atoms with van der Waals surface area (Å²) in [7, 11) is 0. The van der Waals surface area contributed by atoms with E-state index >= 15 is 0 Å². The Balaban J connectivity index is 2.10. The molecule has 88 valence electrons. The first kappa shape index (κ1) is 10.8. The predicted molar refractivity (Wildman–Crippen MR) is 67.6 cm³/mol. The molecule has 2 heterocycles. The Bertz CT molecular complexity index is 739. The number of thiazole rings is 1. The second kappa shape index (κ2) is 4.15. The Hall–Kier alpha value is -2.34. The average Bonchev–Trinajstić information content (AvgIpc) is 2.88. The number of fused-ring (bicyclic) bond motifs is 1. The smallest absolute Gasteiger partial charge is 0.355 e. The van der Waals surface area contributed by atoms with Gasteiger partial charge in [-0.05, 0) is 18.2 Å². The minimum atomic E-state index is -1.02. The zero-order valence-electron chi connectivity index (χ0n) is 9.07. The van der Waals surface area contributed by atoms with E-state index in [1.807, 2.05) is 18.2 Å². The van der Waals surface area contributed by atoms with E-state index in [0.29, 0.717) is 5.01 Å². The lowest BCUT2D eigenvalue weighted by Gasteiger charge is -1.98. The Kier molecular flexibility index (Phi) is 2.49. The van der Waals surface area contributed by atoms with Crippen molar-refractivity contribution in [2.75, 3.05) is 0 Å². The maximum Gasteiger partial charge on any atom is 0.355 e. The van der Waals surface area contributed by atoms with Gasteiger partial charge in [0.05, 0.1) is 11.0 Å². The van der Waals surface area contributed by atoms with Crippen molar-refractivity contribution in [1.82, 2.24) is 15.0 Å². The molecule has 0 aliphatic heterocycles. The molecular weight excluding hydrogens is 250 g/mol. The lowest BCUT2D eigenvalue weighted by molar-refractivity contribution is 0.0691. The molecule has 0 fully saturated rings. The number of hydrogen-bond acceptors (Lipinski definition) is 5. The van der Waals surface area contributed by atoms with Crippen molar-refractivity contribution in [1.29, 1.82) is 0 Å². The van der Waals surface area contributed by atoms with E-state index in [1.165, 1.54) is 16.7 Å². The van der Waals surface area contributed by atoms with Crippen LogP contribution in [0.5, 0.6) is 0 Å². The number of carbonyl (C=O) groups is 1. The standard InChI is InChI=1S/C12H7N3O2S/c16-12(17)10-6-18-11(15-10)7-1-2-8-9(5-7)14-4-3-13-8/h1-6H,(H,16,17). The van der Waals surface area contributed by atoms with E-state index in [0.717, 1.165) is 16.6 Å². The van der Waals surface area contributed by atoms with Crippen molar-refractivity contribution in [3.8, 4) is 10.6 Å². The van der Waals surface area contributed by atoms with Gasteiger partial charge < -0.3 is 5.11 Å². The molecule has 0 saturated carbocycles. The molecule has 2 aromatic heterocycles. The van der Waals surface area contributed by atoms with Crippen molar-refractivity contribution >= 4 is 28.3 Å². The lowest BCUT2D eigenvalue weighted by Crippen LogP contribution is -1.95. The van der Waals surface area contributed by atoms with Crippen molar-refractivity contribution in [3.05, 3.63) is 41.7 Å². The van der Waals surface area contributed by atoms with Gasteiger partial charge in [-0.15, -0.1) is 11.3 Å². The topological polar surface area (TPSA) is 76.0 Å². The van der Waals surface area contributed by atoms with Crippen LogP contribution in [0.4, 0.5) is 0 Å². The summed E-state index contributed by atoms with van der Waals surface area (Å²) in [6, 6.07) is 5.56. The third kappa shape index (κ3) is 1.82. The van der Waals surface area contributed by atoms with Crippen LogP contribution in [0.15, 0.2) is 36.0 Å². The molecule has 6 heteroatoms. The van der Waals surface area contributed by atoms with E-state index in [-0.39, 0.29) is 5.69 Å². The Labute approximate surface area is 106 Å². The third-order valence-corrected chi connectivity index (χ3v) is 3.33. The van der Waals surface area contributed by atoms with Gasteiger partial charge in [-0.3, -0.25) is 9.97 Å². The second-order valence-corrected chi connectivity index (χ2v) is 4.46. The molecule has 0 radical (unpaired) electrons. The SMILES string of the molecule is O=C(O)c1csc(-c2ccc3nccnc3c2)n1. The van der Waals surface area contributed by atoms with E-state index in [1.54, 1.807) is 12.4 Å². The van der Waals surface area contributed by atoms with Crippen LogP contribution >= 0.6 is 11.3 Å².